The summed E-state index contributed by atoms with van der Waals surface area (Å²) in [6, 6.07) is 5.51. The van der Waals surface area contributed by atoms with Crippen molar-refractivity contribution in [2.75, 3.05) is 13.1 Å². The molecule has 1 rings (SSSR count). The van der Waals surface area contributed by atoms with E-state index in [0.29, 0.717) is 12.6 Å². The Morgan fingerprint density at radius 3 is 2.50 bits per heavy atom. The Labute approximate surface area is 123 Å². The number of nitrogens with zero attached hydrogens (tertiary/aromatic N) is 1. The number of nitrogens with two attached hydrogens (primary N) is 1. The first-order valence-electron chi connectivity index (χ1n) is 7.73. The van der Waals surface area contributed by atoms with Crippen molar-refractivity contribution in [1.29, 1.82) is 0 Å². The summed E-state index contributed by atoms with van der Waals surface area (Å²) in [7, 11) is 0. The Morgan fingerprint density at radius 1 is 1.25 bits per heavy atom. The smallest absolute Gasteiger partial charge is 0.123 e. The molecule has 1 aromatic carbocycles. The number of halogens is 1. The second kappa shape index (κ2) is 8.38. The predicted octanol–water partition coefficient (Wildman–Crippen LogP) is 4.03. The van der Waals surface area contributed by atoms with Crippen LogP contribution in [0, 0.1) is 12.7 Å². The normalized spacial score (nSPS) is 13.2. The highest BCUT2D eigenvalue weighted by Crippen LogP contribution is 2.26. The van der Waals surface area contributed by atoms with Crippen molar-refractivity contribution < 1.29 is 4.39 Å². The Morgan fingerprint density at radius 2 is 1.95 bits per heavy atom. The van der Waals surface area contributed by atoms with Crippen molar-refractivity contribution in [3.8, 4) is 0 Å². The zero-order valence-corrected chi connectivity index (χ0v) is 13.3. The zero-order valence-electron chi connectivity index (χ0n) is 13.3. The maximum absolute atomic E-state index is 13.6. The van der Waals surface area contributed by atoms with Crippen molar-refractivity contribution in [3.63, 3.8) is 0 Å². The average Bonchev–Trinajstić information content (AvgIpc) is 2.41. The molecule has 0 aliphatic rings. The molecule has 114 valence electrons. The summed E-state index contributed by atoms with van der Waals surface area (Å²) in [6.07, 6.45) is 3.60. The molecule has 20 heavy (non-hydrogen) atoms. The van der Waals surface area contributed by atoms with E-state index < -0.39 is 0 Å². The minimum Gasteiger partial charge on any atom is -0.329 e. The third-order valence-electron chi connectivity index (χ3n) is 3.91. The lowest BCUT2D eigenvalue weighted by Gasteiger charge is -2.35. The molecule has 0 bridgehead atoms. The van der Waals surface area contributed by atoms with Gasteiger partial charge in [-0.15, -0.1) is 0 Å². The van der Waals surface area contributed by atoms with Crippen LogP contribution < -0.4 is 5.73 Å². The first-order chi connectivity index (χ1) is 9.51. The molecule has 0 aliphatic carbocycles. The number of rotatable bonds is 8. The minimum atomic E-state index is -0.179. The molecule has 0 aromatic heterocycles. The summed E-state index contributed by atoms with van der Waals surface area (Å²) in [6.45, 7) is 10.1. The molecule has 0 saturated carbocycles. The van der Waals surface area contributed by atoms with Crippen molar-refractivity contribution in [1.82, 2.24) is 4.90 Å². The molecule has 0 aliphatic heterocycles. The van der Waals surface area contributed by atoms with E-state index >= 15 is 0 Å². The Bertz CT molecular complexity index is 404. The number of benzene rings is 1. The SMILES string of the molecule is CCCCCN(C(C)C)C(CN)c1cc(F)ccc1C. The molecule has 0 amide bonds. The van der Waals surface area contributed by atoms with Crippen molar-refractivity contribution in [2.24, 2.45) is 5.73 Å². The third kappa shape index (κ3) is 4.57. The molecule has 0 spiro atoms. The molecule has 0 fully saturated rings. The highest BCUT2D eigenvalue weighted by molar-refractivity contribution is 5.30. The van der Waals surface area contributed by atoms with Crippen LogP contribution in [0.2, 0.25) is 0 Å². The summed E-state index contributed by atoms with van der Waals surface area (Å²) in [5, 5.41) is 0. The lowest BCUT2D eigenvalue weighted by molar-refractivity contribution is 0.153. The maximum Gasteiger partial charge on any atom is 0.123 e. The van der Waals surface area contributed by atoms with Crippen LogP contribution >= 0.6 is 0 Å². The van der Waals surface area contributed by atoms with Gasteiger partial charge in [0.2, 0.25) is 0 Å². The van der Waals surface area contributed by atoms with Gasteiger partial charge in [0, 0.05) is 18.6 Å². The van der Waals surface area contributed by atoms with E-state index in [1.165, 1.54) is 25.3 Å². The van der Waals surface area contributed by atoms with Crippen LogP contribution in [-0.2, 0) is 0 Å². The van der Waals surface area contributed by atoms with Crippen molar-refractivity contribution in [2.45, 2.75) is 59.0 Å². The van der Waals surface area contributed by atoms with Gasteiger partial charge < -0.3 is 5.73 Å². The summed E-state index contributed by atoms with van der Waals surface area (Å²) < 4.78 is 13.6. The third-order valence-corrected chi connectivity index (χ3v) is 3.91. The molecule has 1 unspecified atom stereocenters. The molecule has 3 heteroatoms. The Balaban J connectivity index is 2.97. The van der Waals surface area contributed by atoms with Gasteiger partial charge in [-0.05, 0) is 57.0 Å². The minimum absolute atomic E-state index is 0.0996. The molecule has 1 atom stereocenters. The molecule has 0 saturated heterocycles. The summed E-state index contributed by atoms with van der Waals surface area (Å²) >= 11 is 0. The first kappa shape index (κ1) is 17.1. The van der Waals surface area contributed by atoms with Gasteiger partial charge in [-0.3, -0.25) is 4.90 Å². The van der Waals surface area contributed by atoms with E-state index in [1.54, 1.807) is 6.07 Å². The highest BCUT2D eigenvalue weighted by atomic mass is 19.1. The molecule has 2 N–H and O–H groups in total. The van der Waals surface area contributed by atoms with E-state index in [0.717, 1.165) is 17.7 Å². The molecule has 2 nitrogen and oxygen atoms in total. The summed E-state index contributed by atoms with van der Waals surface area (Å²) in [5.41, 5.74) is 8.14. The second-order valence-electron chi connectivity index (χ2n) is 5.79. The van der Waals surface area contributed by atoms with E-state index in [4.69, 9.17) is 5.73 Å². The fourth-order valence-corrected chi connectivity index (χ4v) is 2.73. The lowest BCUT2D eigenvalue weighted by atomic mass is 9.98. The van der Waals surface area contributed by atoms with Crippen LogP contribution in [0.5, 0.6) is 0 Å². The van der Waals surface area contributed by atoms with Crippen LogP contribution in [0.25, 0.3) is 0 Å². The molecule has 0 heterocycles. The number of hydrogen-bond donors (Lipinski definition) is 1. The van der Waals surface area contributed by atoms with E-state index in [1.807, 2.05) is 13.0 Å². The monoisotopic (exact) mass is 280 g/mol. The van der Waals surface area contributed by atoms with E-state index in [-0.39, 0.29) is 11.9 Å². The topological polar surface area (TPSA) is 29.3 Å². The van der Waals surface area contributed by atoms with Gasteiger partial charge >= 0.3 is 0 Å². The van der Waals surface area contributed by atoms with Crippen molar-refractivity contribution in [3.05, 3.63) is 35.1 Å². The van der Waals surface area contributed by atoms with E-state index in [9.17, 15) is 4.39 Å². The van der Waals surface area contributed by atoms with Gasteiger partial charge in [0.1, 0.15) is 5.82 Å². The largest absolute Gasteiger partial charge is 0.329 e. The van der Waals surface area contributed by atoms with E-state index in [2.05, 4.69) is 25.7 Å². The van der Waals surface area contributed by atoms with Crippen LogP contribution in [0.4, 0.5) is 4.39 Å². The van der Waals surface area contributed by atoms with Gasteiger partial charge in [-0.2, -0.15) is 0 Å². The predicted molar refractivity (Wildman–Crippen MR) is 84.3 cm³/mol. The summed E-state index contributed by atoms with van der Waals surface area (Å²) in [5.74, 6) is -0.179. The van der Waals surface area contributed by atoms with Crippen LogP contribution in [0.1, 0.15) is 57.2 Å². The fraction of sp³-hybridized carbons (Fsp3) is 0.647. The van der Waals surface area contributed by atoms with Gasteiger partial charge in [-0.25, -0.2) is 4.39 Å². The van der Waals surface area contributed by atoms with Gasteiger partial charge in [-0.1, -0.05) is 25.8 Å². The number of unbranched alkanes of at least 4 members (excludes halogenated alkanes) is 2. The quantitative estimate of drug-likeness (QED) is 0.728. The van der Waals surface area contributed by atoms with Crippen LogP contribution in [-0.4, -0.2) is 24.0 Å². The number of aryl methyl sites for hydroxylation is 1. The summed E-state index contributed by atoms with van der Waals surface area (Å²) in [4.78, 5) is 2.40. The number of hydrogen-bond acceptors (Lipinski definition) is 2. The molecule has 1 aromatic rings. The van der Waals surface area contributed by atoms with Crippen molar-refractivity contribution >= 4 is 0 Å². The lowest BCUT2D eigenvalue weighted by Crippen LogP contribution is -2.39. The Hall–Kier alpha value is -0.930. The molecular formula is C17H29FN2. The first-order valence-corrected chi connectivity index (χ1v) is 7.73. The van der Waals surface area contributed by atoms with Gasteiger partial charge in [0.05, 0.1) is 0 Å². The highest BCUT2D eigenvalue weighted by Gasteiger charge is 2.23. The fourth-order valence-electron chi connectivity index (χ4n) is 2.73. The molecule has 0 radical (unpaired) electrons. The van der Waals surface area contributed by atoms with Crippen LogP contribution in [0.3, 0.4) is 0 Å². The second-order valence-corrected chi connectivity index (χ2v) is 5.79. The van der Waals surface area contributed by atoms with Crippen LogP contribution in [0.15, 0.2) is 18.2 Å². The van der Waals surface area contributed by atoms with Gasteiger partial charge in [0.15, 0.2) is 0 Å². The Kier molecular flexibility index (Phi) is 7.17. The zero-order chi connectivity index (χ0) is 15.1. The average molecular weight is 280 g/mol. The maximum atomic E-state index is 13.6. The molecular weight excluding hydrogens is 251 g/mol. The standard InChI is InChI=1S/C17H29FN2/c1-5-6-7-10-20(13(2)3)17(12-19)16-11-15(18)9-8-14(16)4/h8-9,11,13,17H,5-7,10,12,19H2,1-4H3. The van der Waals surface area contributed by atoms with Gasteiger partial charge in [0.25, 0.3) is 0 Å².